The number of piperazine rings is 1. The number of methoxy groups -OCH3 is 1. The van der Waals surface area contributed by atoms with Crippen LogP contribution in [0.5, 0.6) is 5.75 Å². The van der Waals surface area contributed by atoms with Crippen LogP contribution in [0.3, 0.4) is 0 Å². The van der Waals surface area contributed by atoms with Crippen LogP contribution in [0, 0.1) is 0 Å². The Hall–Kier alpha value is -3.13. The van der Waals surface area contributed by atoms with Gasteiger partial charge in [-0.25, -0.2) is 0 Å². The van der Waals surface area contributed by atoms with Crippen molar-refractivity contribution in [2.75, 3.05) is 38.2 Å². The van der Waals surface area contributed by atoms with E-state index in [2.05, 4.69) is 20.3 Å². The van der Waals surface area contributed by atoms with Crippen LogP contribution in [-0.2, 0) is 4.79 Å². The van der Waals surface area contributed by atoms with E-state index < -0.39 is 6.04 Å². The second kappa shape index (κ2) is 9.34. The molecule has 0 spiro atoms. The summed E-state index contributed by atoms with van der Waals surface area (Å²) < 4.78 is 5.48. The minimum atomic E-state index is -0.480. The van der Waals surface area contributed by atoms with Gasteiger partial charge in [0, 0.05) is 36.8 Å². The Balaban J connectivity index is 1.43. The molecule has 0 bridgehead atoms. The van der Waals surface area contributed by atoms with E-state index in [1.54, 1.807) is 19.2 Å². The number of aromatic nitrogens is 4. The van der Waals surface area contributed by atoms with Gasteiger partial charge < -0.3 is 14.5 Å². The lowest BCUT2D eigenvalue weighted by molar-refractivity contribution is -0.135. The van der Waals surface area contributed by atoms with E-state index in [1.807, 2.05) is 48.2 Å². The summed E-state index contributed by atoms with van der Waals surface area (Å²) in [5.74, 6) is 1.33. The highest BCUT2D eigenvalue weighted by Gasteiger charge is 2.30. The number of hydrogen-bond donors (Lipinski definition) is 0. The molecule has 0 radical (unpaired) electrons. The van der Waals surface area contributed by atoms with E-state index in [0.717, 1.165) is 30.1 Å². The van der Waals surface area contributed by atoms with Crippen molar-refractivity contribution in [3.05, 3.63) is 53.6 Å². The van der Waals surface area contributed by atoms with Crippen molar-refractivity contribution in [1.29, 1.82) is 0 Å². The number of ether oxygens (including phenoxy) is 1. The molecule has 31 heavy (non-hydrogen) atoms. The van der Waals surface area contributed by atoms with Crippen molar-refractivity contribution in [3.8, 4) is 17.1 Å². The quantitative estimate of drug-likeness (QED) is 0.585. The predicted molar refractivity (Wildman–Crippen MR) is 119 cm³/mol. The molecule has 162 valence electrons. The Morgan fingerprint density at radius 3 is 2.48 bits per heavy atom. The fourth-order valence-corrected chi connectivity index (χ4v) is 3.90. The third-order valence-electron chi connectivity index (χ3n) is 5.50. The van der Waals surface area contributed by atoms with E-state index >= 15 is 0 Å². The van der Waals surface area contributed by atoms with E-state index in [-0.39, 0.29) is 5.91 Å². The molecule has 9 heteroatoms. The molecule has 0 aliphatic carbocycles. The van der Waals surface area contributed by atoms with E-state index in [1.165, 1.54) is 4.80 Å². The van der Waals surface area contributed by atoms with Gasteiger partial charge in [0.1, 0.15) is 5.75 Å². The lowest BCUT2D eigenvalue weighted by Gasteiger charge is -2.37. The van der Waals surface area contributed by atoms with Crippen molar-refractivity contribution in [2.45, 2.75) is 19.4 Å². The first-order valence-corrected chi connectivity index (χ1v) is 10.7. The molecule has 1 amide bonds. The average Bonchev–Trinajstić information content (AvgIpc) is 3.30. The van der Waals surface area contributed by atoms with Crippen molar-refractivity contribution < 1.29 is 9.53 Å². The zero-order chi connectivity index (χ0) is 21.8. The average molecular weight is 441 g/mol. The number of amides is 1. The van der Waals surface area contributed by atoms with Crippen LogP contribution >= 0.6 is 11.6 Å². The number of benzene rings is 2. The van der Waals surface area contributed by atoms with Crippen molar-refractivity contribution in [1.82, 2.24) is 25.1 Å². The van der Waals surface area contributed by atoms with Gasteiger partial charge in [-0.3, -0.25) is 4.79 Å². The topological polar surface area (TPSA) is 76.4 Å². The highest BCUT2D eigenvalue weighted by molar-refractivity contribution is 6.30. The van der Waals surface area contributed by atoms with Crippen molar-refractivity contribution in [2.24, 2.45) is 0 Å². The number of carbonyl (C=O) groups is 1. The molecule has 1 fully saturated rings. The summed E-state index contributed by atoms with van der Waals surface area (Å²) in [5, 5.41) is 13.4. The summed E-state index contributed by atoms with van der Waals surface area (Å²) in [6, 6.07) is 14.7. The summed E-state index contributed by atoms with van der Waals surface area (Å²) in [6.07, 6.45) is 0.585. The van der Waals surface area contributed by atoms with Gasteiger partial charge in [-0.2, -0.15) is 4.80 Å². The molecule has 4 rings (SSSR count). The first kappa shape index (κ1) is 21.1. The fourth-order valence-electron chi connectivity index (χ4n) is 3.78. The minimum absolute atomic E-state index is 0.0160. The van der Waals surface area contributed by atoms with Crippen LogP contribution in [-0.4, -0.2) is 64.3 Å². The second-order valence-electron chi connectivity index (χ2n) is 7.35. The van der Waals surface area contributed by atoms with Gasteiger partial charge in [-0.15, -0.1) is 10.2 Å². The van der Waals surface area contributed by atoms with Crippen LogP contribution in [0.15, 0.2) is 48.5 Å². The summed E-state index contributed by atoms with van der Waals surface area (Å²) >= 11 is 5.95. The summed E-state index contributed by atoms with van der Waals surface area (Å²) in [7, 11) is 1.67. The van der Waals surface area contributed by atoms with Gasteiger partial charge in [0.2, 0.25) is 11.7 Å². The fraction of sp³-hybridized carbons (Fsp3) is 0.364. The maximum Gasteiger partial charge on any atom is 0.249 e. The number of tetrazole rings is 1. The standard InChI is InChI=1S/C22H25ClN6O2/c1-3-18(29-25-21(24-26-29)16-8-10-17(23)11-9-16)22(30)28-14-12-27(13-15-28)19-6-4-5-7-20(19)31-2/h4-11,18H,3,12-15H2,1-2H3. The van der Waals surface area contributed by atoms with Gasteiger partial charge in [0.05, 0.1) is 12.8 Å². The molecule has 1 aromatic heterocycles. The molecular formula is C22H25ClN6O2. The Bertz CT molecular complexity index is 1030. The number of hydrogen-bond acceptors (Lipinski definition) is 6. The molecule has 1 saturated heterocycles. The highest BCUT2D eigenvalue weighted by Crippen LogP contribution is 2.29. The zero-order valence-corrected chi connectivity index (χ0v) is 18.4. The first-order chi connectivity index (χ1) is 15.1. The SMILES string of the molecule is CCC(C(=O)N1CCN(c2ccccc2OC)CC1)n1nnc(-c2ccc(Cl)cc2)n1. The molecule has 8 nitrogen and oxygen atoms in total. The smallest absolute Gasteiger partial charge is 0.249 e. The third kappa shape index (κ3) is 4.49. The molecule has 2 aromatic carbocycles. The van der Waals surface area contributed by atoms with E-state index in [9.17, 15) is 4.79 Å². The van der Waals surface area contributed by atoms with Gasteiger partial charge in [0.25, 0.3) is 0 Å². The number of carbonyl (C=O) groups excluding carboxylic acids is 1. The van der Waals surface area contributed by atoms with Crippen LogP contribution in [0.1, 0.15) is 19.4 Å². The van der Waals surface area contributed by atoms with E-state index in [4.69, 9.17) is 16.3 Å². The molecular weight excluding hydrogens is 416 g/mol. The summed E-state index contributed by atoms with van der Waals surface area (Å²) in [5.41, 5.74) is 1.86. The zero-order valence-electron chi connectivity index (χ0n) is 17.6. The number of halogens is 1. The maximum atomic E-state index is 13.2. The largest absolute Gasteiger partial charge is 0.495 e. The van der Waals surface area contributed by atoms with Gasteiger partial charge in [0.15, 0.2) is 6.04 Å². The highest BCUT2D eigenvalue weighted by atomic mass is 35.5. The van der Waals surface area contributed by atoms with Gasteiger partial charge in [-0.05, 0) is 48.0 Å². The second-order valence-corrected chi connectivity index (χ2v) is 7.78. The van der Waals surface area contributed by atoms with Gasteiger partial charge >= 0.3 is 0 Å². The van der Waals surface area contributed by atoms with Crippen molar-refractivity contribution >= 4 is 23.2 Å². The van der Waals surface area contributed by atoms with Crippen LogP contribution in [0.25, 0.3) is 11.4 Å². The monoisotopic (exact) mass is 440 g/mol. The molecule has 1 atom stereocenters. The minimum Gasteiger partial charge on any atom is -0.495 e. The lowest BCUT2D eigenvalue weighted by Crippen LogP contribution is -2.50. The Morgan fingerprint density at radius 2 is 1.81 bits per heavy atom. The molecule has 1 aliphatic rings. The number of para-hydroxylation sites is 2. The van der Waals surface area contributed by atoms with Gasteiger partial charge in [-0.1, -0.05) is 30.7 Å². The molecule has 3 aromatic rings. The third-order valence-corrected chi connectivity index (χ3v) is 5.75. The molecule has 1 aliphatic heterocycles. The summed E-state index contributed by atoms with van der Waals surface area (Å²) in [4.78, 5) is 18.8. The maximum absolute atomic E-state index is 13.2. The van der Waals surface area contributed by atoms with Crippen LogP contribution in [0.4, 0.5) is 5.69 Å². The Labute approximate surface area is 186 Å². The number of nitrogens with zero attached hydrogens (tertiary/aromatic N) is 6. The molecule has 0 saturated carbocycles. The van der Waals surface area contributed by atoms with Crippen LogP contribution in [0.2, 0.25) is 5.02 Å². The summed E-state index contributed by atoms with van der Waals surface area (Å²) in [6.45, 7) is 4.70. The predicted octanol–water partition coefficient (Wildman–Crippen LogP) is 3.30. The number of rotatable bonds is 6. The molecule has 2 heterocycles. The van der Waals surface area contributed by atoms with Crippen molar-refractivity contribution in [3.63, 3.8) is 0 Å². The Morgan fingerprint density at radius 1 is 1.10 bits per heavy atom. The normalized spacial score (nSPS) is 15.1. The molecule has 0 N–H and O–H groups in total. The van der Waals surface area contributed by atoms with E-state index in [0.29, 0.717) is 30.4 Å². The lowest BCUT2D eigenvalue weighted by atomic mass is 10.1. The first-order valence-electron chi connectivity index (χ1n) is 10.3. The van der Waals surface area contributed by atoms with Crippen LogP contribution < -0.4 is 9.64 Å². The molecule has 1 unspecified atom stereocenters. The number of anilines is 1. The Kier molecular flexibility index (Phi) is 6.36.